The lowest BCUT2D eigenvalue weighted by Gasteiger charge is -2.16. The van der Waals surface area contributed by atoms with Gasteiger partial charge < -0.3 is 24.6 Å². The maximum atomic E-state index is 12.9. The maximum absolute atomic E-state index is 12.9. The molecule has 0 aliphatic rings. The Labute approximate surface area is 155 Å². The second kappa shape index (κ2) is 9.42. The van der Waals surface area contributed by atoms with Crippen molar-refractivity contribution in [2.45, 2.75) is 13.0 Å². The molecule has 0 fully saturated rings. The van der Waals surface area contributed by atoms with Gasteiger partial charge in [-0.1, -0.05) is 0 Å². The molecule has 2 aromatic rings. The highest BCUT2D eigenvalue weighted by Crippen LogP contribution is 2.28. The van der Waals surface area contributed by atoms with Gasteiger partial charge in [0.05, 0.1) is 20.3 Å². The summed E-state index contributed by atoms with van der Waals surface area (Å²) in [7, 11) is 1.45. The molecule has 2 N–H and O–H groups in total. The zero-order chi connectivity index (χ0) is 19.8. The minimum absolute atomic E-state index is 0.181. The number of nitrogens with one attached hydrogen (secondary N) is 1. The quantitative estimate of drug-likeness (QED) is 0.697. The average Bonchev–Trinajstić information content (AvgIpc) is 2.66. The highest BCUT2D eigenvalue weighted by atomic mass is 19.1. The number of carbonyl (C=O) groups excluding carboxylic acids is 1. The minimum Gasteiger partial charge on any atom is -0.493 e. The molecule has 0 aliphatic carbocycles. The lowest BCUT2D eigenvalue weighted by Crippen LogP contribution is -2.40. The second-order valence-corrected chi connectivity index (χ2v) is 5.41. The molecule has 0 heterocycles. The molecule has 0 saturated heterocycles. The standard InChI is InChI=1S/C19H20FNO6/c1-3-26-15-9-4-12(10-16(15)25-2)18(22)21-11-17(19(23)24)27-14-7-5-13(20)6-8-14/h4-10,17H,3,11H2,1-2H3,(H,21,22)(H,23,24). The van der Waals surface area contributed by atoms with Crippen LogP contribution in [0.4, 0.5) is 4.39 Å². The molecular formula is C19H20FNO6. The Bertz CT molecular complexity index is 793. The van der Waals surface area contributed by atoms with E-state index in [1.165, 1.54) is 25.3 Å². The molecule has 0 spiro atoms. The molecule has 0 aliphatic heterocycles. The molecule has 1 unspecified atom stereocenters. The van der Waals surface area contributed by atoms with Crippen molar-refractivity contribution in [2.24, 2.45) is 0 Å². The Morgan fingerprint density at radius 2 is 1.85 bits per heavy atom. The predicted octanol–water partition coefficient (Wildman–Crippen LogP) is 2.50. The average molecular weight is 377 g/mol. The van der Waals surface area contributed by atoms with E-state index in [2.05, 4.69) is 5.32 Å². The molecule has 2 aromatic carbocycles. The van der Waals surface area contributed by atoms with Crippen LogP contribution >= 0.6 is 0 Å². The molecule has 8 heteroatoms. The van der Waals surface area contributed by atoms with E-state index in [9.17, 15) is 19.1 Å². The van der Waals surface area contributed by atoms with E-state index in [1.54, 1.807) is 12.1 Å². The monoisotopic (exact) mass is 377 g/mol. The number of carbonyl (C=O) groups is 2. The molecule has 0 saturated carbocycles. The summed E-state index contributed by atoms with van der Waals surface area (Å²) in [6, 6.07) is 9.56. The molecule has 0 aromatic heterocycles. The first-order chi connectivity index (χ1) is 12.9. The van der Waals surface area contributed by atoms with Crippen molar-refractivity contribution in [3.8, 4) is 17.2 Å². The van der Waals surface area contributed by atoms with Crippen LogP contribution in [0.15, 0.2) is 42.5 Å². The van der Waals surface area contributed by atoms with Crippen LogP contribution in [0.3, 0.4) is 0 Å². The summed E-state index contributed by atoms with van der Waals surface area (Å²) in [5.74, 6) is -1.15. The van der Waals surface area contributed by atoms with Crippen LogP contribution < -0.4 is 19.5 Å². The number of carboxylic acid groups (broad SMARTS) is 1. The van der Waals surface area contributed by atoms with Crippen LogP contribution in [0.25, 0.3) is 0 Å². The smallest absolute Gasteiger partial charge is 0.346 e. The normalized spacial score (nSPS) is 11.4. The zero-order valence-corrected chi connectivity index (χ0v) is 14.9. The summed E-state index contributed by atoms with van der Waals surface area (Å²) in [6.07, 6.45) is -1.33. The van der Waals surface area contributed by atoms with Gasteiger partial charge in [0.25, 0.3) is 5.91 Å². The van der Waals surface area contributed by atoms with Gasteiger partial charge in [0.15, 0.2) is 11.5 Å². The fourth-order valence-corrected chi connectivity index (χ4v) is 2.23. The summed E-state index contributed by atoms with van der Waals surface area (Å²) in [5, 5.41) is 11.8. The number of hydrogen-bond acceptors (Lipinski definition) is 5. The van der Waals surface area contributed by atoms with Crippen molar-refractivity contribution in [3.05, 3.63) is 53.8 Å². The summed E-state index contributed by atoms with van der Waals surface area (Å²) in [5.41, 5.74) is 0.279. The lowest BCUT2D eigenvalue weighted by atomic mass is 10.2. The van der Waals surface area contributed by atoms with Crippen molar-refractivity contribution < 1.29 is 33.3 Å². The van der Waals surface area contributed by atoms with E-state index >= 15 is 0 Å². The van der Waals surface area contributed by atoms with Crippen LogP contribution in [0.5, 0.6) is 17.2 Å². The number of halogens is 1. The van der Waals surface area contributed by atoms with Crippen molar-refractivity contribution in [2.75, 3.05) is 20.3 Å². The summed E-state index contributed by atoms with van der Waals surface area (Å²) < 4.78 is 28.8. The van der Waals surface area contributed by atoms with Crippen LogP contribution in [-0.2, 0) is 4.79 Å². The van der Waals surface area contributed by atoms with Crippen molar-refractivity contribution in [3.63, 3.8) is 0 Å². The van der Waals surface area contributed by atoms with E-state index in [0.717, 1.165) is 12.1 Å². The summed E-state index contributed by atoms with van der Waals surface area (Å²) in [6.45, 7) is 2.00. The molecule has 27 heavy (non-hydrogen) atoms. The molecule has 2 rings (SSSR count). The fourth-order valence-electron chi connectivity index (χ4n) is 2.23. The molecule has 7 nitrogen and oxygen atoms in total. The van der Waals surface area contributed by atoms with E-state index in [4.69, 9.17) is 14.2 Å². The van der Waals surface area contributed by atoms with Gasteiger partial charge in [0.1, 0.15) is 11.6 Å². The molecule has 1 amide bonds. The number of benzene rings is 2. The van der Waals surface area contributed by atoms with Gasteiger partial charge in [-0.05, 0) is 49.4 Å². The predicted molar refractivity (Wildman–Crippen MR) is 94.9 cm³/mol. The van der Waals surface area contributed by atoms with E-state index in [-0.39, 0.29) is 17.9 Å². The molecule has 144 valence electrons. The topological polar surface area (TPSA) is 94.1 Å². The highest BCUT2D eigenvalue weighted by molar-refractivity contribution is 5.95. The zero-order valence-electron chi connectivity index (χ0n) is 14.9. The number of rotatable bonds is 9. The van der Waals surface area contributed by atoms with Gasteiger partial charge in [-0.2, -0.15) is 0 Å². The van der Waals surface area contributed by atoms with Gasteiger partial charge in [-0.3, -0.25) is 4.79 Å². The first-order valence-corrected chi connectivity index (χ1v) is 8.18. The van der Waals surface area contributed by atoms with Crippen LogP contribution in [-0.4, -0.2) is 43.3 Å². The number of ether oxygens (including phenoxy) is 3. The Kier molecular flexibility index (Phi) is 6.99. The molecular weight excluding hydrogens is 357 g/mol. The number of aliphatic carboxylic acids is 1. The van der Waals surface area contributed by atoms with Gasteiger partial charge in [-0.15, -0.1) is 0 Å². The first kappa shape index (κ1) is 20.0. The van der Waals surface area contributed by atoms with Crippen molar-refractivity contribution >= 4 is 11.9 Å². The van der Waals surface area contributed by atoms with Crippen molar-refractivity contribution in [1.82, 2.24) is 5.32 Å². The lowest BCUT2D eigenvalue weighted by molar-refractivity contribution is -0.144. The van der Waals surface area contributed by atoms with E-state index in [1.807, 2.05) is 6.92 Å². The third kappa shape index (κ3) is 5.60. The van der Waals surface area contributed by atoms with Gasteiger partial charge in [-0.25, -0.2) is 9.18 Å². The Morgan fingerprint density at radius 3 is 2.44 bits per heavy atom. The first-order valence-electron chi connectivity index (χ1n) is 8.18. The van der Waals surface area contributed by atoms with E-state index in [0.29, 0.717) is 18.1 Å². The van der Waals surface area contributed by atoms with Crippen LogP contribution in [0.1, 0.15) is 17.3 Å². The third-order valence-corrected chi connectivity index (χ3v) is 3.54. The summed E-state index contributed by atoms with van der Waals surface area (Å²) >= 11 is 0. The maximum Gasteiger partial charge on any atom is 0.346 e. The minimum atomic E-state index is -1.33. The van der Waals surface area contributed by atoms with Crippen LogP contribution in [0.2, 0.25) is 0 Å². The Morgan fingerprint density at radius 1 is 1.15 bits per heavy atom. The number of amides is 1. The number of carboxylic acids is 1. The Balaban J connectivity index is 2.03. The molecule has 0 bridgehead atoms. The van der Waals surface area contributed by atoms with Gasteiger partial charge in [0, 0.05) is 5.56 Å². The third-order valence-electron chi connectivity index (χ3n) is 3.54. The number of hydrogen-bond donors (Lipinski definition) is 2. The molecule has 1 atom stereocenters. The van der Waals surface area contributed by atoms with Gasteiger partial charge in [0.2, 0.25) is 6.10 Å². The van der Waals surface area contributed by atoms with E-state index < -0.39 is 23.8 Å². The molecule has 0 radical (unpaired) electrons. The second-order valence-electron chi connectivity index (χ2n) is 5.41. The van der Waals surface area contributed by atoms with Crippen molar-refractivity contribution in [1.29, 1.82) is 0 Å². The largest absolute Gasteiger partial charge is 0.493 e. The number of methoxy groups -OCH3 is 1. The van der Waals surface area contributed by atoms with Gasteiger partial charge >= 0.3 is 5.97 Å². The summed E-state index contributed by atoms with van der Waals surface area (Å²) in [4.78, 5) is 23.7. The SMILES string of the molecule is CCOc1ccc(C(=O)NCC(Oc2ccc(F)cc2)C(=O)O)cc1OC. The van der Waals surface area contributed by atoms with Crippen LogP contribution in [0, 0.1) is 5.82 Å². The fraction of sp³-hybridized carbons (Fsp3) is 0.263. The highest BCUT2D eigenvalue weighted by Gasteiger charge is 2.21. The Hall–Kier alpha value is -3.29.